The number of carbonyl (C=O) groups excluding carboxylic acids is 1. The van der Waals surface area contributed by atoms with E-state index in [1.807, 2.05) is 23.3 Å². The highest BCUT2D eigenvalue weighted by Crippen LogP contribution is 2.33. The lowest BCUT2D eigenvalue weighted by molar-refractivity contribution is -0.132. The molecule has 0 saturated carbocycles. The standard InChI is InChI=1S/C14H20N2O3S2/c1-2-12-14(17)16(11-4-7-21(18,19)8-5-11)13(15-12)10-3-6-20-9-10/h3,6,9,11-13,15H,2,4-5,7-8H2,1H3. The first kappa shape index (κ1) is 15.0. The zero-order valence-corrected chi connectivity index (χ0v) is 13.6. The first-order chi connectivity index (χ1) is 10.0. The lowest BCUT2D eigenvalue weighted by Gasteiger charge is -2.34. The number of hydrogen-bond acceptors (Lipinski definition) is 5. The first-order valence-corrected chi connectivity index (χ1v) is 10.1. The molecule has 2 aliphatic rings. The molecular weight excluding hydrogens is 308 g/mol. The second-order valence-electron chi connectivity index (χ2n) is 5.72. The lowest BCUT2D eigenvalue weighted by atomic mass is 10.1. The van der Waals surface area contributed by atoms with Crippen molar-refractivity contribution in [1.82, 2.24) is 10.2 Å². The number of hydrogen-bond donors (Lipinski definition) is 1. The highest BCUT2D eigenvalue weighted by atomic mass is 32.2. The highest BCUT2D eigenvalue weighted by Gasteiger charge is 2.43. The third kappa shape index (κ3) is 2.86. The summed E-state index contributed by atoms with van der Waals surface area (Å²) in [6, 6.07) is 1.89. The van der Waals surface area contributed by atoms with Crippen molar-refractivity contribution in [3.63, 3.8) is 0 Å². The van der Waals surface area contributed by atoms with Gasteiger partial charge >= 0.3 is 0 Å². The Bertz CT molecular complexity index is 598. The third-order valence-electron chi connectivity index (χ3n) is 4.37. The summed E-state index contributed by atoms with van der Waals surface area (Å²) in [6.07, 6.45) is 1.74. The number of sulfone groups is 1. The van der Waals surface area contributed by atoms with Gasteiger partial charge in [-0.3, -0.25) is 10.1 Å². The van der Waals surface area contributed by atoms with Crippen molar-refractivity contribution in [1.29, 1.82) is 0 Å². The molecule has 7 heteroatoms. The van der Waals surface area contributed by atoms with E-state index in [1.54, 1.807) is 11.3 Å². The van der Waals surface area contributed by atoms with Gasteiger partial charge in [-0.2, -0.15) is 11.3 Å². The summed E-state index contributed by atoms with van der Waals surface area (Å²) in [5.74, 6) is 0.487. The van der Waals surface area contributed by atoms with Gasteiger partial charge in [0, 0.05) is 6.04 Å². The Kier molecular flexibility index (Phi) is 4.07. The van der Waals surface area contributed by atoms with Crippen LogP contribution in [0.1, 0.15) is 37.9 Å². The molecule has 2 atom stereocenters. The van der Waals surface area contributed by atoms with Crippen LogP contribution >= 0.6 is 11.3 Å². The molecule has 5 nitrogen and oxygen atoms in total. The molecule has 1 aromatic heterocycles. The van der Waals surface area contributed by atoms with Crippen molar-refractivity contribution >= 4 is 27.1 Å². The number of nitrogens with one attached hydrogen (secondary N) is 1. The molecule has 0 radical (unpaired) electrons. The molecule has 1 aromatic rings. The zero-order valence-electron chi connectivity index (χ0n) is 12.0. The van der Waals surface area contributed by atoms with Gasteiger partial charge in [0.15, 0.2) is 0 Å². The van der Waals surface area contributed by atoms with E-state index in [1.165, 1.54) is 0 Å². The first-order valence-electron chi connectivity index (χ1n) is 7.32. The van der Waals surface area contributed by atoms with E-state index >= 15 is 0 Å². The van der Waals surface area contributed by atoms with Gasteiger partial charge in [-0.15, -0.1) is 0 Å². The summed E-state index contributed by atoms with van der Waals surface area (Å²) in [6.45, 7) is 2.00. The Morgan fingerprint density at radius 3 is 2.67 bits per heavy atom. The second kappa shape index (κ2) is 5.70. The molecule has 2 saturated heterocycles. The van der Waals surface area contributed by atoms with E-state index in [2.05, 4.69) is 10.7 Å². The number of thiophene rings is 1. The van der Waals surface area contributed by atoms with E-state index in [0.29, 0.717) is 12.8 Å². The summed E-state index contributed by atoms with van der Waals surface area (Å²) in [4.78, 5) is 14.5. The molecular formula is C14H20N2O3S2. The quantitative estimate of drug-likeness (QED) is 0.914. The fourth-order valence-corrected chi connectivity index (χ4v) is 5.32. The van der Waals surface area contributed by atoms with Gasteiger partial charge in [0.25, 0.3) is 0 Å². The molecule has 0 spiro atoms. The molecule has 116 valence electrons. The Morgan fingerprint density at radius 1 is 1.38 bits per heavy atom. The maximum absolute atomic E-state index is 12.6. The van der Waals surface area contributed by atoms with Crippen LogP contribution in [0.25, 0.3) is 0 Å². The number of nitrogens with zero attached hydrogens (tertiary/aromatic N) is 1. The van der Waals surface area contributed by atoms with Crippen LogP contribution in [0, 0.1) is 0 Å². The van der Waals surface area contributed by atoms with E-state index < -0.39 is 9.84 Å². The normalized spacial score (nSPS) is 30.0. The van der Waals surface area contributed by atoms with Crippen LogP contribution in [0.5, 0.6) is 0 Å². The molecule has 2 aliphatic heterocycles. The van der Waals surface area contributed by atoms with Gasteiger partial charge in [-0.05, 0) is 41.7 Å². The van der Waals surface area contributed by atoms with Gasteiger partial charge in [0.05, 0.1) is 17.5 Å². The largest absolute Gasteiger partial charge is 0.318 e. The minimum absolute atomic E-state index is 0.0231. The maximum Gasteiger partial charge on any atom is 0.241 e. The van der Waals surface area contributed by atoms with Crippen molar-refractivity contribution in [3.05, 3.63) is 22.4 Å². The smallest absolute Gasteiger partial charge is 0.241 e. The molecule has 1 amide bonds. The average Bonchev–Trinajstić information content (AvgIpc) is 3.07. The van der Waals surface area contributed by atoms with Crippen LogP contribution < -0.4 is 5.32 Å². The third-order valence-corrected chi connectivity index (χ3v) is 6.79. The summed E-state index contributed by atoms with van der Waals surface area (Å²) in [7, 11) is -2.91. The lowest BCUT2D eigenvalue weighted by Crippen LogP contribution is -2.44. The van der Waals surface area contributed by atoms with Crippen LogP contribution in [0.4, 0.5) is 0 Å². The minimum atomic E-state index is -2.91. The summed E-state index contributed by atoms with van der Waals surface area (Å²) in [5.41, 5.74) is 1.10. The Labute approximate surface area is 129 Å². The number of carbonyl (C=O) groups is 1. The van der Waals surface area contributed by atoms with Crippen molar-refractivity contribution in [2.24, 2.45) is 0 Å². The molecule has 1 N–H and O–H groups in total. The van der Waals surface area contributed by atoms with Crippen LogP contribution in [-0.4, -0.2) is 42.8 Å². The number of rotatable bonds is 3. The molecule has 2 fully saturated rings. The molecule has 0 aromatic carbocycles. The van der Waals surface area contributed by atoms with E-state index in [-0.39, 0.29) is 35.7 Å². The van der Waals surface area contributed by atoms with Crippen LogP contribution in [0.3, 0.4) is 0 Å². The highest BCUT2D eigenvalue weighted by molar-refractivity contribution is 7.91. The molecule has 2 unspecified atom stereocenters. The van der Waals surface area contributed by atoms with Crippen LogP contribution in [-0.2, 0) is 14.6 Å². The average molecular weight is 328 g/mol. The Balaban J connectivity index is 1.84. The van der Waals surface area contributed by atoms with Crippen LogP contribution in [0.15, 0.2) is 16.8 Å². The van der Waals surface area contributed by atoms with Crippen molar-refractivity contribution in [2.75, 3.05) is 11.5 Å². The number of amides is 1. The fraction of sp³-hybridized carbons (Fsp3) is 0.643. The monoisotopic (exact) mass is 328 g/mol. The zero-order chi connectivity index (χ0) is 15.0. The summed E-state index contributed by atoms with van der Waals surface area (Å²) in [5, 5.41) is 7.45. The minimum Gasteiger partial charge on any atom is -0.318 e. The molecule has 0 aliphatic carbocycles. The van der Waals surface area contributed by atoms with Crippen LogP contribution in [0.2, 0.25) is 0 Å². The van der Waals surface area contributed by atoms with Crippen molar-refractivity contribution in [3.8, 4) is 0 Å². The van der Waals surface area contributed by atoms with E-state index in [4.69, 9.17) is 0 Å². The van der Waals surface area contributed by atoms with Gasteiger partial charge < -0.3 is 4.90 Å². The van der Waals surface area contributed by atoms with Gasteiger partial charge in [-0.25, -0.2) is 8.42 Å². The predicted molar refractivity (Wildman–Crippen MR) is 82.8 cm³/mol. The van der Waals surface area contributed by atoms with E-state index in [0.717, 1.165) is 12.0 Å². The topological polar surface area (TPSA) is 66.5 Å². The van der Waals surface area contributed by atoms with Gasteiger partial charge in [-0.1, -0.05) is 6.92 Å². The molecule has 0 bridgehead atoms. The van der Waals surface area contributed by atoms with Crippen molar-refractivity contribution in [2.45, 2.75) is 44.4 Å². The van der Waals surface area contributed by atoms with Crippen molar-refractivity contribution < 1.29 is 13.2 Å². The predicted octanol–water partition coefficient (Wildman–Crippen LogP) is 1.53. The molecule has 3 heterocycles. The second-order valence-corrected chi connectivity index (χ2v) is 8.80. The Morgan fingerprint density at radius 2 is 2.10 bits per heavy atom. The van der Waals surface area contributed by atoms with Gasteiger partial charge in [0.2, 0.25) is 5.91 Å². The summed E-state index contributed by atoms with van der Waals surface area (Å²) >= 11 is 1.61. The maximum atomic E-state index is 12.6. The molecule has 3 rings (SSSR count). The van der Waals surface area contributed by atoms with E-state index in [9.17, 15) is 13.2 Å². The SMILES string of the molecule is CCC1NC(c2ccsc2)N(C2CCS(=O)(=O)CC2)C1=O. The Hall–Kier alpha value is -0.920. The fourth-order valence-electron chi connectivity index (χ4n) is 3.18. The summed E-state index contributed by atoms with van der Waals surface area (Å²) < 4.78 is 23.2. The molecule has 21 heavy (non-hydrogen) atoms. The van der Waals surface area contributed by atoms with Gasteiger partial charge in [0.1, 0.15) is 16.0 Å².